The highest BCUT2D eigenvalue weighted by atomic mass is 16.5. The zero-order valence-corrected chi connectivity index (χ0v) is 9.74. The highest BCUT2D eigenvalue weighted by molar-refractivity contribution is 5.72. The van der Waals surface area contributed by atoms with E-state index < -0.39 is 0 Å². The number of ether oxygens (including phenoxy) is 1. The molecule has 0 bridgehead atoms. The molecule has 2 atom stereocenters. The molecule has 0 heterocycles. The van der Waals surface area contributed by atoms with Crippen LogP contribution in [0, 0.1) is 11.8 Å². The van der Waals surface area contributed by atoms with E-state index in [0.29, 0.717) is 18.9 Å². The fourth-order valence-electron chi connectivity index (χ4n) is 1.89. The zero-order chi connectivity index (χ0) is 11.3. The molecule has 1 fully saturated rings. The molecular formula is C12H22O3. The minimum Gasteiger partial charge on any atom is -0.465 e. The monoisotopic (exact) mass is 214 g/mol. The summed E-state index contributed by atoms with van der Waals surface area (Å²) in [5.74, 6) is 0.380. The van der Waals surface area contributed by atoms with Gasteiger partial charge in [0.2, 0.25) is 0 Å². The summed E-state index contributed by atoms with van der Waals surface area (Å²) in [6, 6.07) is 0. The molecule has 3 heteroatoms. The predicted molar refractivity (Wildman–Crippen MR) is 58.4 cm³/mol. The molecule has 3 nitrogen and oxygen atoms in total. The number of aliphatic hydroxyl groups excluding tert-OH is 1. The average molecular weight is 214 g/mol. The van der Waals surface area contributed by atoms with Crippen molar-refractivity contribution in [3.05, 3.63) is 0 Å². The first-order valence-corrected chi connectivity index (χ1v) is 5.94. The van der Waals surface area contributed by atoms with Crippen LogP contribution in [0.3, 0.4) is 0 Å². The van der Waals surface area contributed by atoms with Crippen molar-refractivity contribution >= 4 is 5.97 Å². The van der Waals surface area contributed by atoms with Gasteiger partial charge in [-0.25, -0.2) is 0 Å². The van der Waals surface area contributed by atoms with E-state index in [2.05, 4.69) is 13.8 Å². The number of esters is 1. The Bertz CT molecular complexity index is 201. The van der Waals surface area contributed by atoms with Crippen molar-refractivity contribution in [3.8, 4) is 0 Å². The maximum Gasteiger partial charge on any atom is 0.309 e. The Balaban J connectivity index is 2.21. The summed E-state index contributed by atoms with van der Waals surface area (Å²) in [7, 11) is 0. The van der Waals surface area contributed by atoms with Crippen molar-refractivity contribution in [1.82, 2.24) is 0 Å². The second kappa shape index (κ2) is 6.11. The second-order valence-electron chi connectivity index (χ2n) is 4.87. The van der Waals surface area contributed by atoms with Crippen LogP contribution in [-0.4, -0.2) is 23.8 Å². The Hall–Kier alpha value is -0.570. The highest BCUT2D eigenvalue weighted by Gasteiger charge is 2.27. The van der Waals surface area contributed by atoms with Crippen LogP contribution in [0.1, 0.15) is 46.0 Å². The van der Waals surface area contributed by atoms with E-state index in [4.69, 9.17) is 4.74 Å². The molecule has 0 aliphatic heterocycles. The molecule has 1 rings (SSSR count). The molecule has 0 aromatic rings. The third-order valence-corrected chi connectivity index (χ3v) is 2.92. The lowest BCUT2D eigenvalue weighted by Gasteiger charge is -2.24. The smallest absolute Gasteiger partial charge is 0.309 e. The summed E-state index contributed by atoms with van der Waals surface area (Å²) in [4.78, 5) is 11.6. The molecule has 88 valence electrons. The summed E-state index contributed by atoms with van der Waals surface area (Å²) < 4.78 is 5.19. The minimum absolute atomic E-state index is 0.0686. The lowest BCUT2D eigenvalue weighted by atomic mass is 9.87. The fraction of sp³-hybridized carbons (Fsp3) is 0.917. The largest absolute Gasteiger partial charge is 0.465 e. The van der Waals surface area contributed by atoms with E-state index in [1.807, 2.05) is 0 Å². The number of rotatable bonds is 4. The lowest BCUT2D eigenvalue weighted by molar-refractivity contribution is -0.151. The molecule has 15 heavy (non-hydrogen) atoms. The molecule has 0 radical (unpaired) electrons. The van der Waals surface area contributed by atoms with Crippen molar-refractivity contribution in [2.75, 3.05) is 6.61 Å². The van der Waals surface area contributed by atoms with Crippen LogP contribution in [0.4, 0.5) is 0 Å². The molecule has 2 unspecified atom stereocenters. The lowest BCUT2D eigenvalue weighted by Crippen LogP contribution is -2.27. The van der Waals surface area contributed by atoms with E-state index >= 15 is 0 Å². The van der Waals surface area contributed by atoms with E-state index in [-0.39, 0.29) is 18.0 Å². The van der Waals surface area contributed by atoms with Gasteiger partial charge in [-0.1, -0.05) is 20.3 Å². The summed E-state index contributed by atoms with van der Waals surface area (Å²) in [5.41, 5.74) is 0. The number of hydrogen-bond acceptors (Lipinski definition) is 3. The van der Waals surface area contributed by atoms with Gasteiger partial charge in [-0.3, -0.25) is 4.79 Å². The van der Waals surface area contributed by atoms with Crippen molar-refractivity contribution in [1.29, 1.82) is 0 Å². The Morgan fingerprint density at radius 2 is 2.20 bits per heavy atom. The van der Waals surface area contributed by atoms with E-state index in [0.717, 1.165) is 25.7 Å². The minimum atomic E-state index is -0.304. The maximum absolute atomic E-state index is 11.6. The fourth-order valence-corrected chi connectivity index (χ4v) is 1.89. The third-order valence-electron chi connectivity index (χ3n) is 2.92. The van der Waals surface area contributed by atoms with Crippen LogP contribution in [0.15, 0.2) is 0 Å². The molecule has 0 spiro atoms. The molecule has 0 aromatic heterocycles. The van der Waals surface area contributed by atoms with Gasteiger partial charge >= 0.3 is 5.97 Å². The molecule has 0 aromatic carbocycles. The second-order valence-corrected chi connectivity index (χ2v) is 4.87. The number of aliphatic hydroxyl groups is 1. The summed E-state index contributed by atoms with van der Waals surface area (Å²) in [6.45, 7) is 4.74. The van der Waals surface area contributed by atoms with E-state index in [1.54, 1.807) is 0 Å². The van der Waals surface area contributed by atoms with Crippen molar-refractivity contribution in [2.45, 2.75) is 52.1 Å². The quantitative estimate of drug-likeness (QED) is 0.729. The number of hydrogen-bond donors (Lipinski definition) is 1. The van der Waals surface area contributed by atoms with Crippen molar-refractivity contribution < 1.29 is 14.6 Å². The molecular weight excluding hydrogens is 192 g/mol. The van der Waals surface area contributed by atoms with Gasteiger partial charge in [0.15, 0.2) is 0 Å². The first-order chi connectivity index (χ1) is 7.09. The Labute approximate surface area is 91.8 Å². The molecule has 1 saturated carbocycles. The normalized spacial score (nSPS) is 26.7. The topological polar surface area (TPSA) is 46.5 Å². The Kier molecular flexibility index (Phi) is 5.09. The van der Waals surface area contributed by atoms with Crippen LogP contribution >= 0.6 is 0 Å². The Morgan fingerprint density at radius 3 is 2.80 bits per heavy atom. The summed E-state index contributed by atoms with van der Waals surface area (Å²) in [6.07, 6.45) is 3.83. The SMILES string of the molecule is CC(C)CCOC(=O)C1CCCC(O)C1. The zero-order valence-electron chi connectivity index (χ0n) is 9.74. The van der Waals surface area contributed by atoms with Crippen molar-refractivity contribution in [3.63, 3.8) is 0 Å². The molecule has 1 aliphatic rings. The van der Waals surface area contributed by atoms with Crippen LogP contribution in [0.2, 0.25) is 0 Å². The van der Waals surface area contributed by atoms with E-state index in [1.165, 1.54) is 0 Å². The Morgan fingerprint density at radius 1 is 1.47 bits per heavy atom. The summed E-state index contributed by atoms with van der Waals surface area (Å²) >= 11 is 0. The maximum atomic E-state index is 11.6. The van der Waals surface area contributed by atoms with Gasteiger partial charge in [-0.15, -0.1) is 0 Å². The molecule has 0 saturated heterocycles. The van der Waals surface area contributed by atoms with Crippen LogP contribution < -0.4 is 0 Å². The van der Waals surface area contributed by atoms with Gasteiger partial charge in [0, 0.05) is 0 Å². The van der Waals surface area contributed by atoms with Crippen LogP contribution in [0.25, 0.3) is 0 Å². The number of carbonyl (C=O) groups excluding carboxylic acids is 1. The van der Waals surface area contributed by atoms with Crippen molar-refractivity contribution in [2.24, 2.45) is 11.8 Å². The van der Waals surface area contributed by atoms with Gasteiger partial charge in [0.25, 0.3) is 0 Å². The molecule has 0 amide bonds. The predicted octanol–water partition coefficient (Wildman–Crippen LogP) is 2.13. The summed E-state index contributed by atoms with van der Waals surface area (Å²) in [5, 5.41) is 9.43. The molecule has 1 N–H and O–H groups in total. The van der Waals surface area contributed by atoms with Gasteiger partial charge in [0.1, 0.15) is 0 Å². The van der Waals surface area contributed by atoms with Gasteiger partial charge in [0.05, 0.1) is 18.6 Å². The van der Waals surface area contributed by atoms with Gasteiger partial charge in [-0.2, -0.15) is 0 Å². The van der Waals surface area contributed by atoms with Crippen LogP contribution in [0.5, 0.6) is 0 Å². The first kappa shape index (κ1) is 12.5. The van der Waals surface area contributed by atoms with Crippen LogP contribution in [-0.2, 0) is 9.53 Å². The third kappa shape index (κ3) is 4.65. The van der Waals surface area contributed by atoms with Gasteiger partial charge < -0.3 is 9.84 Å². The first-order valence-electron chi connectivity index (χ1n) is 5.94. The van der Waals surface area contributed by atoms with E-state index in [9.17, 15) is 9.90 Å². The highest BCUT2D eigenvalue weighted by Crippen LogP contribution is 2.25. The number of carbonyl (C=O) groups is 1. The standard InChI is InChI=1S/C12H22O3/c1-9(2)6-7-15-12(14)10-4-3-5-11(13)8-10/h9-11,13H,3-8H2,1-2H3. The molecule has 1 aliphatic carbocycles. The van der Waals surface area contributed by atoms with Gasteiger partial charge in [-0.05, 0) is 31.6 Å². The average Bonchev–Trinajstić information content (AvgIpc) is 2.17.